The molecule has 0 amide bonds. The van der Waals surface area contributed by atoms with E-state index in [-0.39, 0.29) is 11.6 Å². The molecular weight excluding hydrogens is 166 g/mol. The summed E-state index contributed by atoms with van der Waals surface area (Å²) in [6.45, 7) is 7.81. The van der Waals surface area contributed by atoms with Gasteiger partial charge in [-0.25, -0.2) is 5.32 Å². The van der Waals surface area contributed by atoms with Crippen LogP contribution < -0.4 is 5.32 Å². The van der Waals surface area contributed by atoms with E-state index in [1.807, 2.05) is 20.8 Å². The van der Waals surface area contributed by atoms with Crippen LogP contribution in [0.3, 0.4) is 0 Å². The van der Waals surface area contributed by atoms with Gasteiger partial charge < -0.3 is 0 Å². The van der Waals surface area contributed by atoms with E-state index in [2.05, 4.69) is 5.32 Å². The number of hydrogen-bond donors (Lipinski definition) is 0. The summed E-state index contributed by atoms with van der Waals surface area (Å²) >= 11 is 0. The third-order valence-electron chi connectivity index (χ3n) is 1.75. The second-order valence-corrected chi connectivity index (χ2v) is 3.56. The summed E-state index contributed by atoms with van der Waals surface area (Å²) in [5.41, 5.74) is 0. The minimum absolute atomic E-state index is 0.351. The molecule has 0 rings (SSSR count). The average Bonchev–Trinajstić information content (AvgIpc) is 2.01. The van der Waals surface area contributed by atoms with Gasteiger partial charge in [-0.1, -0.05) is 20.8 Å². The van der Waals surface area contributed by atoms with Crippen molar-refractivity contribution < 1.29 is 9.59 Å². The standard InChI is InChI=1S/C10H18NO2/c1-5-11-9(6-7(2)3)10(13)8(4)12/h7,9H,5-6H2,1-4H3/t9-/m0/s1. The topological polar surface area (TPSA) is 48.2 Å². The molecular formula is C10H18NO2. The van der Waals surface area contributed by atoms with Crippen LogP contribution in [0.25, 0.3) is 0 Å². The SMILES string of the molecule is CC[N][C@@H](CC(C)C)C(=O)C(C)=O. The highest BCUT2D eigenvalue weighted by Crippen LogP contribution is 2.06. The van der Waals surface area contributed by atoms with Crippen LogP contribution >= 0.6 is 0 Å². The molecule has 0 fully saturated rings. The van der Waals surface area contributed by atoms with E-state index in [0.717, 1.165) is 0 Å². The Morgan fingerprint density at radius 2 is 1.85 bits per heavy atom. The van der Waals surface area contributed by atoms with Gasteiger partial charge in [0.15, 0.2) is 5.78 Å². The molecule has 0 aliphatic heterocycles. The summed E-state index contributed by atoms with van der Waals surface area (Å²) in [6, 6.07) is -0.414. The number of nitrogens with zero attached hydrogens (tertiary/aromatic N) is 1. The summed E-state index contributed by atoms with van der Waals surface area (Å²) in [4.78, 5) is 22.2. The van der Waals surface area contributed by atoms with Crippen molar-refractivity contribution in [2.45, 2.75) is 40.2 Å². The summed E-state index contributed by atoms with van der Waals surface area (Å²) in [5, 5.41) is 4.12. The summed E-state index contributed by atoms with van der Waals surface area (Å²) in [6.07, 6.45) is 0.673. The first-order valence-electron chi connectivity index (χ1n) is 4.70. The van der Waals surface area contributed by atoms with Crippen LogP contribution in [0.5, 0.6) is 0 Å². The predicted octanol–water partition coefficient (Wildman–Crippen LogP) is 1.18. The minimum atomic E-state index is -0.414. The zero-order valence-electron chi connectivity index (χ0n) is 8.83. The van der Waals surface area contributed by atoms with Crippen molar-refractivity contribution in [3.63, 3.8) is 0 Å². The Morgan fingerprint density at radius 1 is 1.31 bits per heavy atom. The lowest BCUT2D eigenvalue weighted by atomic mass is 9.98. The highest BCUT2D eigenvalue weighted by molar-refractivity contribution is 6.38. The molecule has 0 aromatic carbocycles. The quantitative estimate of drug-likeness (QED) is 0.582. The second-order valence-electron chi connectivity index (χ2n) is 3.56. The predicted molar refractivity (Wildman–Crippen MR) is 51.6 cm³/mol. The van der Waals surface area contributed by atoms with Gasteiger partial charge in [-0.2, -0.15) is 0 Å². The van der Waals surface area contributed by atoms with Crippen LogP contribution in [0.1, 0.15) is 34.1 Å². The maximum atomic E-state index is 11.3. The Hall–Kier alpha value is -0.700. The molecule has 0 unspecified atom stereocenters. The number of Topliss-reactive ketones (excluding diaryl/α,β-unsaturated/α-hetero) is 2. The van der Waals surface area contributed by atoms with Crippen LogP contribution in [-0.2, 0) is 9.59 Å². The third-order valence-corrected chi connectivity index (χ3v) is 1.75. The third kappa shape index (κ3) is 4.78. The minimum Gasteiger partial charge on any atom is -0.291 e. The molecule has 1 radical (unpaired) electrons. The Kier molecular flexibility index (Phi) is 5.55. The van der Waals surface area contributed by atoms with Crippen molar-refractivity contribution in [1.82, 2.24) is 5.32 Å². The summed E-state index contributed by atoms with van der Waals surface area (Å²) < 4.78 is 0. The summed E-state index contributed by atoms with van der Waals surface area (Å²) in [7, 11) is 0. The van der Waals surface area contributed by atoms with E-state index in [4.69, 9.17) is 0 Å². The smallest absolute Gasteiger partial charge is 0.216 e. The molecule has 0 aromatic rings. The molecule has 0 N–H and O–H groups in total. The molecule has 0 saturated heterocycles. The lowest BCUT2D eigenvalue weighted by Gasteiger charge is -2.15. The Balaban J connectivity index is 4.23. The first-order chi connectivity index (χ1) is 5.99. The Labute approximate surface area is 79.9 Å². The normalized spacial score (nSPS) is 13.0. The van der Waals surface area contributed by atoms with Gasteiger partial charge in [-0.3, -0.25) is 9.59 Å². The van der Waals surface area contributed by atoms with Crippen LogP contribution in [0.2, 0.25) is 0 Å². The Morgan fingerprint density at radius 3 is 2.15 bits per heavy atom. The van der Waals surface area contributed by atoms with Gasteiger partial charge in [-0.05, 0) is 12.3 Å². The molecule has 3 heteroatoms. The van der Waals surface area contributed by atoms with Crippen molar-refractivity contribution in [3.05, 3.63) is 0 Å². The van der Waals surface area contributed by atoms with Crippen molar-refractivity contribution in [2.75, 3.05) is 6.54 Å². The van der Waals surface area contributed by atoms with Gasteiger partial charge in [0.05, 0.1) is 6.04 Å². The summed E-state index contributed by atoms with van der Waals surface area (Å²) in [5.74, 6) is -0.345. The van der Waals surface area contributed by atoms with Gasteiger partial charge >= 0.3 is 0 Å². The lowest BCUT2D eigenvalue weighted by Crippen LogP contribution is -2.36. The molecule has 0 saturated carbocycles. The van der Waals surface area contributed by atoms with Crippen molar-refractivity contribution >= 4 is 11.6 Å². The van der Waals surface area contributed by atoms with E-state index in [0.29, 0.717) is 18.9 Å². The maximum Gasteiger partial charge on any atom is 0.216 e. The fourth-order valence-corrected chi connectivity index (χ4v) is 1.17. The van der Waals surface area contributed by atoms with E-state index < -0.39 is 6.04 Å². The van der Waals surface area contributed by atoms with Crippen LogP contribution in [0.4, 0.5) is 0 Å². The van der Waals surface area contributed by atoms with Gasteiger partial charge in [0, 0.05) is 13.5 Å². The maximum absolute atomic E-state index is 11.3. The number of carbonyl (C=O) groups excluding carboxylic acids is 2. The number of carbonyl (C=O) groups is 2. The van der Waals surface area contributed by atoms with E-state index >= 15 is 0 Å². The van der Waals surface area contributed by atoms with Gasteiger partial charge in [0.1, 0.15) is 0 Å². The second kappa shape index (κ2) is 5.86. The highest BCUT2D eigenvalue weighted by Gasteiger charge is 2.22. The largest absolute Gasteiger partial charge is 0.291 e. The molecule has 3 nitrogen and oxygen atoms in total. The molecule has 0 bridgehead atoms. The molecule has 75 valence electrons. The number of likely N-dealkylation sites (N-methyl/N-ethyl adjacent to an activating group) is 1. The monoisotopic (exact) mass is 184 g/mol. The fraction of sp³-hybridized carbons (Fsp3) is 0.800. The first-order valence-corrected chi connectivity index (χ1v) is 4.70. The molecule has 0 aliphatic carbocycles. The zero-order chi connectivity index (χ0) is 10.4. The van der Waals surface area contributed by atoms with Crippen molar-refractivity contribution in [3.8, 4) is 0 Å². The number of rotatable bonds is 6. The van der Waals surface area contributed by atoms with Crippen LogP contribution in [-0.4, -0.2) is 24.2 Å². The van der Waals surface area contributed by atoms with E-state index in [1.54, 1.807) is 0 Å². The molecule has 0 heterocycles. The molecule has 1 atom stereocenters. The molecule has 13 heavy (non-hydrogen) atoms. The lowest BCUT2D eigenvalue weighted by molar-refractivity contribution is -0.136. The van der Waals surface area contributed by atoms with Crippen LogP contribution in [0.15, 0.2) is 0 Å². The highest BCUT2D eigenvalue weighted by atomic mass is 16.2. The number of ketones is 2. The van der Waals surface area contributed by atoms with Crippen molar-refractivity contribution in [1.29, 1.82) is 0 Å². The van der Waals surface area contributed by atoms with Crippen LogP contribution in [0, 0.1) is 5.92 Å². The Bertz CT molecular complexity index is 187. The van der Waals surface area contributed by atoms with Gasteiger partial charge in [-0.15, -0.1) is 0 Å². The van der Waals surface area contributed by atoms with Gasteiger partial charge in [0.25, 0.3) is 0 Å². The van der Waals surface area contributed by atoms with E-state index in [1.165, 1.54) is 6.92 Å². The van der Waals surface area contributed by atoms with Gasteiger partial charge in [0.2, 0.25) is 5.78 Å². The fourth-order valence-electron chi connectivity index (χ4n) is 1.17. The molecule has 0 aliphatic rings. The number of hydrogen-bond acceptors (Lipinski definition) is 2. The molecule has 0 spiro atoms. The van der Waals surface area contributed by atoms with Crippen molar-refractivity contribution in [2.24, 2.45) is 5.92 Å². The first kappa shape index (κ1) is 12.3. The molecule has 0 aromatic heterocycles. The zero-order valence-corrected chi connectivity index (χ0v) is 8.83. The van der Waals surface area contributed by atoms with E-state index in [9.17, 15) is 9.59 Å². The average molecular weight is 184 g/mol.